The molecule has 0 spiro atoms. The average molecular weight is 364 g/mol. The fourth-order valence-electron chi connectivity index (χ4n) is 3.71. The molecule has 1 unspecified atom stereocenters. The Labute approximate surface area is 159 Å². The summed E-state index contributed by atoms with van der Waals surface area (Å²) in [6.45, 7) is 1.77. The monoisotopic (exact) mass is 363 g/mol. The van der Waals surface area contributed by atoms with Crippen LogP contribution >= 0.6 is 11.8 Å². The van der Waals surface area contributed by atoms with E-state index in [4.69, 9.17) is 5.10 Å². The van der Waals surface area contributed by atoms with Gasteiger partial charge in [0.1, 0.15) is 0 Å². The molecule has 4 rings (SSSR count). The Kier molecular flexibility index (Phi) is 5.42. The van der Waals surface area contributed by atoms with Crippen molar-refractivity contribution < 1.29 is 0 Å². The Morgan fingerprint density at radius 1 is 1.08 bits per heavy atom. The lowest BCUT2D eigenvalue weighted by molar-refractivity contribution is 0.449. The van der Waals surface area contributed by atoms with Crippen molar-refractivity contribution in [2.45, 2.75) is 43.3 Å². The SMILES string of the molecule is CSc1ccc(CNC2CCCc3c2cnn3Cc2ccccc2)cc1. The van der Waals surface area contributed by atoms with Gasteiger partial charge < -0.3 is 5.32 Å². The summed E-state index contributed by atoms with van der Waals surface area (Å²) in [7, 11) is 0. The molecule has 2 aromatic carbocycles. The van der Waals surface area contributed by atoms with Crippen molar-refractivity contribution in [1.82, 2.24) is 15.1 Å². The maximum Gasteiger partial charge on any atom is 0.0662 e. The van der Waals surface area contributed by atoms with Gasteiger partial charge in [0.15, 0.2) is 0 Å². The first-order valence-corrected chi connectivity index (χ1v) is 10.5. The lowest BCUT2D eigenvalue weighted by atomic mass is 9.92. The number of benzene rings is 2. The molecule has 0 bridgehead atoms. The number of hydrogen-bond donors (Lipinski definition) is 1. The van der Waals surface area contributed by atoms with E-state index in [1.54, 1.807) is 11.8 Å². The van der Waals surface area contributed by atoms with Crippen LogP contribution in [0.3, 0.4) is 0 Å². The quantitative estimate of drug-likeness (QED) is 0.637. The molecule has 1 aliphatic carbocycles. The van der Waals surface area contributed by atoms with E-state index in [2.05, 4.69) is 77.0 Å². The standard InChI is InChI=1S/C22H25N3S/c1-26-19-12-10-17(11-13-19)14-23-21-8-5-9-22-20(21)15-24-25(22)16-18-6-3-2-4-7-18/h2-4,6-7,10-13,15,21,23H,5,8-9,14,16H2,1H3. The minimum absolute atomic E-state index is 0.406. The predicted octanol–water partition coefficient (Wildman–Crippen LogP) is 4.82. The van der Waals surface area contributed by atoms with Crippen molar-refractivity contribution >= 4 is 11.8 Å². The maximum absolute atomic E-state index is 4.69. The highest BCUT2D eigenvalue weighted by Gasteiger charge is 2.23. The van der Waals surface area contributed by atoms with Gasteiger partial charge in [-0.2, -0.15) is 5.10 Å². The van der Waals surface area contributed by atoms with Crippen LogP contribution < -0.4 is 5.32 Å². The Morgan fingerprint density at radius 2 is 1.88 bits per heavy atom. The molecule has 1 aromatic heterocycles. The van der Waals surface area contributed by atoms with E-state index in [9.17, 15) is 0 Å². The molecule has 134 valence electrons. The first-order chi connectivity index (χ1) is 12.8. The number of rotatable bonds is 6. The van der Waals surface area contributed by atoms with Crippen molar-refractivity contribution in [2.75, 3.05) is 6.26 Å². The summed E-state index contributed by atoms with van der Waals surface area (Å²) in [5.74, 6) is 0. The molecule has 3 nitrogen and oxygen atoms in total. The van der Waals surface area contributed by atoms with E-state index >= 15 is 0 Å². The summed E-state index contributed by atoms with van der Waals surface area (Å²) in [5, 5.41) is 8.44. The number of aromatic nitrogens is 2. The van der Waals surface area contributed by atoms with Gasteiger partial charge in [-0.05, 0) is 48.8 Å². The van der Waals surface area contributed by atoms with E-state index in [-0.39, 0.29) is 0 Å². The summed E-state index contributed by atoms with van der Waals surface area (Å²) in [5.41, 5.74) is 5.43. The van der Waals surface area contributed by atoms with Crippen LogP contribution in [0.25, 0.3) is 0 Å². The molecule has 4 heteroatoms. The van der Waals surface area contributed by atoms with Crippen LogP contribution in [-0.4, -0.2) is 16.0 Å². The fourth-order valence-corrected chi connectivity index (χ4v) is 4.12. The minimum Gasteiger partial charge on any atom is -0.306 e. The van der Waals surface area contributed by atoms with E-state index < -0.39 is 0 Å². The van der Waals surface area contributed by atoms with Crippen LogP contribution in [0.1, 0.15) is 41.3 Å². The van der Waals surface area contributed by atoms with Crippen LogP contribution in [-0.2, 0) is 19.5 Å². The van der Waals surface area contributed by atoms with Crippen molar-refractivity contribution in [2.24, 2.45) is 0 Å². The zero-order valence-corrected chi connectivity index (χ0v) is 16.0. The zero-order chi connectivity index (χ0) is 17.8. The highest BCUT2D eigenvalue weighted by molar-refractivity contribution is 7.98. The Bertz CT molecular complexity index is 840. The Morgan fingerprint density at radius 3 is 2.65 bits per heavy atom. The smallest absolute Gasteiger partial charge is 0.0662 e. The molecule has 1 atom stereocenters. The fraction of sp³-hybridized carbons (Fsp3) is 0.318. The molecule has 0 radical (unpaired) electrons. The van der Waals surface area contributed by atoms with Gasteiger partial charge in [0.25, 0.3) is 0 Å². The first kappa shape index (κ1) is 17.4. The summed E-state index contributed by atoms with van der Waals surface area (Å²) in [4.78, 5) is 1.32. The molecule has 0 saturated carbocycles. The molecule has 3 aromatic rings. The number of hydrogen-bond acceptors (Lipinski definition) is 3. The molecule has 1 aliphatic rings. The van der Waals surface area contributed by atoms with E-state index in [1.165, 1.54) is 40.1 Å². The van der Waals surface area contributed by atoms with Crippen molar-refractivity contribution in [1.29, 1.82) is 0 Å². The second-order valence-corrected chi connectivity index (χ2v) is 7.74. The van der Waals surface area contributed by atoms with Gasteiger partial charge >= 0.3 is 0 Å². The highest BCUT2D eigenvalue weighted by Crippen LogP contribution is 2.30. The Hall–Kier alpha value is -2.04. The van der Waals surface area contributed by atoms with Crippen LogP contribution in [0.5, 0.6) is 0 Å². The molecule has 26 heavy (non-hydrogen) atoms. The average Bonchev–Trinajstić information content (AvgIpc) is 3.11. The topological polar surface area (TPSA) is 29.9 Å². The van der Waals surface area contributed by atoms with Gasteiger partial charge in [-0.25, -0.2) is 0 Å². The molecule has 0 fully saturated rings. The van der Waals surface area contributed by atoms with Crippen LogP contribution in [0.4, 0.5) is 0 Å². The minimum atomic E-state index is 0.406. The van der Waals surface area contributed by atoms with Crippen molar-refractivity contribution in [3.05, 3.63) is 83.2 Å². The Balaban J connectivity index is 1.45. The number of nitrogens with zero attached hydrogens (tertiary/aromatic N) is 2. The lowest BCUT2D eigenvalue weighted by Gasteiger charge is -2.24. The molecule has 1 heterocycles. The predicted molar refractivity (Wildman–Crippen MR) is 109 cm³/mol. The molecule has 0 aliphatic heterocycles. The maximum atomic E-state index is 4.69. The summed E-state index contributed by atoms with van der Waals surface area (Å²) < 4.78 is 2.19. The van der Waals surface area contributed by atoms with Gasteiger partial charge in [-0.3, -0.25) is 4.68 Å². The van der Waals surface area contributed by atoms with E-state index in [0.717, 1.165) is 19.5 Å². The molecular formula is C22H25N3S. The highest BCUT2D eigenvalue weighted by atomic mass is 32.2. The van der Waals surface area contributed by atoms with Crippen LogP contribution in [0, 0.1) is 0 Å². The second kappa shape index (κ2) is 8.11. The third-order valence-electron chi connectivity index (χ3n) is 5.15. The van der Waals surface area contributed by atoms with Crippen LogP contribution in [0.15, 0.2) is 65.7 Å². The molecular weight excluding hydrogens is 338 g/mol. The summed E-state index contributed by atoms with van der Waals surface area (Å²) in [6, 6.07) is 19.9. The summed E-state index contributed by atoms with van der Waals surface area (Å²) in [6.07, 6.45) is 7.72. The van der Waals surface area contributed by atoms with Gasteiger partial charge in [-0.15, -0.1) is 11.8 Å². The van der Waals surface area contributed by atoms with Crippen molar-refractivity contribution in [3.63, 3.8) is 0 Å². The first-order valence-electron chi connectivity index (χ1n) is 9.28. The van der Waals surface area contributed by atoms with Gasteiger partial charge in [0.05, 0.1) is 12.7 Å². The number of thioether (sulfide) groups is 1. The van der Waals surface area contributed by atoms with E-state index in [0.29, 0.717) is 6.04 Å². The number of nitrogens with one attached hydrogen (secondary N) is 1. The van der Waals surface area contributed by atoms with Crippen LogP contribution in [0.2, 0.25) is 0 Å². The zero-order valence-electron chi connectivity index (χ0n) is 15.2. The van der Waals surface area contributed by atoms with Gasteiger partial charge in [-0.1, -0.05) is 42.5 Å². The molecule has 1 N–H and O–H groups in total. The molecule has 0 amide bonds. The number of fused-ring (bicyclic) bond motifs is 1. The third kappa shape index (κ3) is 3.87. The third-order valence-corrected chi connectivity index (χ3v) is 5.89. The normalized spacial score (nSPS) is 16.4. The second-order valence-electron chi connectivity index (χ2n) is 6.86. The van der Waals surface area contributed by atoms with Crippen molar-refractivity contribution in [3.8, 4) is 0 Å². The lowest BCUT2D eigenvalue weighted by Crippen LogP contribution is -2.25. The van der Waals surface area contributed by atoms with E-state index in [1.807, 2.05) is 0 Å². The molecule has 0 saturated heterocycles. The summed E-state index contributed by atoms with van der Waals surface area (Å²) >= 11 is 1.79. The van der Waals surface area contributed by atoms with Gasteiger partial charge in [0, 0.05) is 28.7 Å². The largest absolute Gasteiger partial charge is 0.306 e. The van der Waals surface area contributed by atoms with Gasteiger partial charge in [0.2, 0.25) is 0 Å².